The van der Waals surface area contributed by atoms with Crippen molar-refractivity contribution in [3.63, 3.8) is 0 Å². The van der Waals surface area contributed by atoms with Crippen LogP contribution in [0, 0.1) is 0 Å². The summed E-state index contributed by atoms with van der Waals surface area (Å²) in [6, 6.07) is 6.14. The lowest BCUT2D eigenvalue weighted by atomic mass is 10.1. The average Bonchev–Trinajstić information content (AvgIpc) is 2.70. The van der Waals surface area contributed by atoms with E-state index in [0.29, 0.717) is 17.7 Å². The smallest absolute Gasteiger partial charge is 0.152 e. The lowest BCUT2D eigenvalue weighted by Gasteiger charge is -2.15. The maximum absolute atomic E-state index is 8.97. The SMILES string of the molecule is CCC(CCO)NCc1c(Cl)nc2ccccn12. The molecule has 0 fully saturated rings. The number of pyridine rings is 1. The third kappa shape index (κ3) is 2.83. The Labute approximate surface area is 112 Å². The molecule has 2 aromatic rings. The fourth-order valence-corrected chi connectivity index (χ4v) is 2.27. The molecule has 0 aliphatic carbocycles. The monoisotopic (exact) mass is 267 g/mol. The third-order valence-corrected chi connectivity index (χ3v) is 3.41. The Morgan fingerprint density at radius 3 is 3.06 bits per heavy atom. The van der Waals surface area contributed by atoms with Crippen LogP contribution in [0.1, 0.15) is 25.5 Å². The van der Waals surface area contributed by atoms with Crippen molar-refractivity contribution in [1.29, 1.82) is 0 Å². The Morgan fingerprint density at radius 1 is 1.50 bits per heavy atom. The molecule has 18 heavy (non-hydrogen) atoms. The summed E-state index contributed by atoms with van der Waals surface area (Å²) in [6.45, 7) is 2.96. The van der Waals surface area contributed by atoms with Crippen LogP contribution in [-0.4, -0.2) is 27.1 Å². The molecule has 2 rings (SSSR count). The summed E-state index contributed by atoms with van der Waals surface area (Å²) >= 11 is 6.15. The van der Waals surface area contributed by atoms with Gasteiger partial charge in [0.25, 0.3) is 0 Å². The maximum Gasteiger partial charge on any atom is 0.152 e. The molecule has 1 unspecified atom stereocenters. The van der Waals surface area contributed by atoms with Gasteiger partial charge in [-0.05, 0) is 25.0 Å². The van der Waals surface area contributed by atoms with Crippen LogP contribution in [0.5, 0.6) is 0 Å². The van der Waals surface area contributed by atoms with E-state index in [1.807, 2.05) is 28.8 Å². The van der Waals surface area contributed by atoms with Gasteiger partial charge in [0.1, 0.15) is 5.65 Å². The lowest BCUT2D eigenvalue weighted by molar-refractivity contribution is 0.261. The van der Waals surface area contributed by atoms with E-state index in [1.165, 1.54) is 0 Å². The zero-order valence-electron chi connectivity index (χ0n) is 10.4. The summed E-state index contributed by atoms with van der Waals surface area (Å²) in [5.41, 5.74) is 1.82. The highest BCUT2D eigenvalue weighted by molar-refractivity contribution is 6.30. The summed E-state index contributed by atoms with van der Waals surface area (Å²) in [4.78, 5) is 4.30. The standard InChI is InChI=1S/C13H18ClN3O/c1-2-10(6-8-18)15-9-11-13(14)16-12-5-3-4-7-17(11)12/h3-5,7,10,15,18H,2,6,8-9H2,1H3. The van der Waals surface area contributed by atoms with Crippen LogP contribution in [0.4, 0.5) is 0 Å². The van der Waals surface area contributed by atoms with E-state index in [0.717, 1.165) is 24.2 Å². The van der Waals surface area contributed by atoms with Gasteiger partial charge in [0, 0.05) is 25.4 Å². The number of aliphatic hydroxyl groups is 1. The van der Waals surface area contributed by atoms with Crippen LogP contribution in [0.2, 0.25) is 5.15 Å². The van der Waals surface area contributed by atoms with Gasteiger partial charge in [0.05, 0.1) is 5.69 Å². The van der Waals surface area contributed by atoms with Crippen molar-refractivity contribution in [2.45, 2.75) is 32.4 Å². The summed E-state index contributed by atoms with van der Waals surface area (Å²) in [5.74, 6) is 0. The second kappa shape index (κ2) is 6.18. The van der Waals surface area contributed by atoms with E-state index in [9.17, 15) is 0 Å². The van der Waals surface area contributed by atoms with E-state index < -0.39 is 0 Å². The molecule has 0 radical (unpaired) electrons. The maximum atomic E-state index is 8.97. The lowest BCUT2D eigenvalue weighted by Crippen LogP contribution is -2.29. The summed E-state index contributed by atoms with van der Waals surface area (Å²) in [6.07, 6.45) is 3.69. The number of aliphatic hydroxyl groups excluding tert-OH is 1. The molecule has 0 saturated carbocycles. The molecule has 4 nitrogen and oxygen atoms in total. The number of halogens is 1. The molecular weight excluding hydrogens is 250 g/mol. The Bertz CT molecular complexity index is 512. The quantitative estimate of drug-likeness (QED) is 0.844. The molecule has 0 spiro atoms. The van der Waals surface area contributed by atoms with Crippen molar-refractivity contribution in [2.75, 3.05) is 6.61 Å². The highest BCUT2D eigenvalue weighted by Crippen LogP contribution is 2.17. The Balaban J connectivity index is 2.13. The van der Waals surface area contributed by atoms with Crippen LogP contribution >= 0.6 is 11.6 Å². The molecule has 5 heteroatoms. The van der Waals surface area contributed by atoms with Gasteiger partial charge < -0.3 is 14.8 Å². The van der Waals surface area contributed by atoms with Crippen LogP contribution < -0.4 is 5.32 Å². The van der Waals surface area contributed by atoms with Crippen molar-refractivity contribution in [3.8, 4) is 0 Å². The highest BCUT2D eigenvalue weighted by atomic mass is 35.5. The molecule has 2 aromatic heterocycles. The van der Waals surface area contributed by atoms with Crippen LogP contribution in [0.3, 0.4) is 0 Å². The van der Waals surface area contributed by atoms with Gasteiger partial charge >= 0.3 is 0 Å². The molecule has 0 bridgehead atoms. The zero-order chi connectivity index (χ0) is 13.0. The number of rotatable bonds is 6. The number of imidazole rings is 1. The predicted octanol–water partition coefficient (Wildman–Crippen LogP) is 2.24. The van der Waals surface area contributed by atoms with E-state index in [-0.39, 0.29) is 6.61 Å². The van der Waals surface area contributed by atoms with Gasteiger partial charge in [-0.15, -0.1) is 0 Å². The second-order valence-electron chi connectivity index (χ2n) is 4.28. The number of hydrogen-bond donors (Lipinski definition) is 2. The minimum Gasteiger partial charge on any atom is -0.396 e. The first-order valence-electron chi connectivity index (χ1n) is 6.22. The predicted molar refractivity (Wildman–Crippen MR) is 72.8 cm³/mol. The van der Waals surface area contributed by atoms with E-state index in [1.54, 1.807) is 0 Å². The normalized spacial score (nSPS) is 13.1. The van der Waals surface area contributed by atoms with Crippen molar-refractivity contribution >= 4 is 17.2 Å². The molecule has 0 aliphatic rings. The molecule has 2 N–H and O–H groups in total. The van der Waals surface area contributed by atoms with Gasteiger partial charge in [0.15, 0.2) is 5.15 Å². The van der Waals surface area contributed by atoms with Crippen molar-refractivity contribution in [3.05, 3.63) is 35.2 Å². The molecule has 0 aliphatic heterocycles. The molecule has 0 aromatic carbocycles. The molecule has 0 saturated heterocycles. The summed E-state index contributed by atoms with van der Waals surface area (Å²) in [7, 11) is 0. The number of hydrogen-bond acceptors (Lipinski definition) is 3. The van der Waals surface area contributed by atoms with Crippen LogP contribution in [0.25, 0.3) is 5.65 Å². The number of aromatic nitrogens is 2. The molecule has 2 heterocycles. The first-order chi connectivity index (χ1) is 8.76. The van der Waals surface area contributed by atoms with Crippen LogP contribution in [0.15, 0.2) is 24.4 Å². The fraction of sp³-hybridized carbons (Fsp3) is 0.462. The van der Waals surface area contributed by atoms with Crippen molar-refractivity contribution in [2.24, 2.45) is 0 Å². The first kappa shape index (κ1) is 13.3. The Kier molecular flexibility index (Phi) is 4.58. The summed E-state index contributed by atoms with van der Waals surface area (Å²) in [5, 5.41) is 12.9. The molecule has 98 valence electrons. The summed E-state index contributed by atoms with van der Waals surface area (Å²) < 4.78 is 1.99. The fourth-order valence-electron chi connectivity index (χ4n) is 2.02. The molecule has 0 amide bonds. The number of fused-ring (bicyclic) bond motifs is 1. The third-order valence-electron chi connectivity index (χ3n) is 3.11. The minimum atomic E-state index is 0.201. The highest BCUT2D eigenvalue weighted by Gasteiger charge is 2.11. The molecular formula is C13H18ClN3O. The van der Waals surface area contributed by atoms with Crippen molar-refractivity contribution in [1.82, 2.24) is 14.7 Å². The van der Waals surface area contributed by atoms with Gasteiger partial charge in [-0.2, -0.15) is 0 Å². The van der Waals surface area contributed by atoms with Gasteiger partial charge in [-0.3, -0.25) is 0 Å². The molecule has 1 atom stereocenters. The van der Waals surface area contributed by atoms with Crippen LogP contribution in [-0.2, 0) is 6.54 Å². The second-order valence-corrected chi connectivity index (χ2v) is 4.63. The zero-order valence-corrected chi connectivity index (χ0v) is 11.2. The minimum absolute atomic E-state index is 0.201. The Hall–Kier alpha value is -1.10. The topological polar surface area (TPSA) is 49.6 Å². The number of nitrogens with one attached hydrogen (secondary N) is 1. The first-order valence-corrected chi connectivity index (χ1v) is 6.59. The Morgan fingerprint density at radius 2 is 2.33 bits per heavy atom. The van der Waals surface area contributed by atoms with E-state index in [4.69, 9.17) is 16.7 Å². The van der Waals surface area contributed by atoms with Gasteiger partial charge in [-0.1, -0.05) is 24.6 Å². The van der Waals surface area contributed by atoms with Gasteiger partial charge in [-0.25, -0.2) is 4.98 Å². The van der Waals surface area contributed by atoms with Crippen molar-refractivity contribution < 1.29 is 5.11 Å². The number of nitrogens with zero attached hydrogens (tertiary/aromatic N) is 2. The largest absolute Gasteiger partial charge is 0.396 e. The van der Waals surface area contributed by atoms with E-state index >= 15 is 0 Å². The van der Waals surface area contributed by atoms with E-state index in [2.05, 4.69) is 17.2 Å². The van der Waals surface area contributed by atoms with Gasteiger partial charge in [0.2, 0.25) is 0 Å². The average molecular weight is 268 g/mol.